The van der Waals surface area contributed by atoms with Gasteiger partial charge in [-0.3, -0.25) is 9.48 Å². The number of rotatable bonds is 3. The Labute approximate surface area is 122 Å². The first-order chi connectivity index (χ1) is 9.95. The molecule has 0 radical (unpaired) electrons. The van der Waals surface area contributed by atoms with E-state index in [1.165, 1.54) is 10.7 Å². The van der Waals surface area contributed by atoms with Crippen molar-refractivity contribution in [2.75, 3.05) is 5.75 Å². The maximum atomic E-state index is 12.2. The zero-order valence-electron chi connectivity index (χ0n) is 11.6. The third-order valence-electron chi connectivity index (χ3n) is 3.51. The Kier molecular flexibility index (Phi) is 3.29. The number of hydrogen-bond acceptors (Lipinski definition) is 4. The molecule has 0 bridgehead atoms. The molecule has 110 valence electrons. The van der Waals surface area contributed by atoms with E-state index in [-0.39, 0.29) is 5.03 Å². The Balaban J connectivity index is 1.73. The highest BCUT2D eigenvalue weighted by Gasteiger charge is 2.28. The van der Waals surface area contributed by atoms with Gasteiger partial charge in [0.2, 0.25) is 15.7 Å². The van der Waals surface area contributed by atoms with E-state index in [1.807, 2.05) is 24.3 Å². The van der Waals surface area contributed by atoms with Crippen molar-refractivity contribution < 1.29 is 13.2 Å². The Morgan fingerprint density at radius 3 is 2.33 bits per heavy atom. The lowest BCUT2D eigenvalue weighted by Gasteiger charge is -2.14. The molecule has 6 nitrogen and oxygen atoms in total. The summed E-state index contributed by atoms with van der Waals surface area (Å²) >= 11 is 0. The molecule has 0 spiro atoms. The second-order valence-electron chi connectivity index (χ2n) is 5.11. The second kappa shape index (κ2) is 5.00. The molecule has 0 atom stereocenters. The lowest BCUT2D eigenvalue weighted by atomic mass is 10.1. The Morgan fingerprint density at radius 2 is 1.81 bits per heavy atom. The van der Waals surface area contributed by atoms with Crippen LogP contribution in [0.5, 0.6) is 0 Å². The summed E-state index contributed by atoms with van der Waals surface area (Å²) in [5.41, 5.74) is 2.14. The zero-order chi connectivity index (χ0) is 15.0. The van der Waals surface area contributed by atoms with Gasteiger partial charge in [0.1, 0.15) is 5.75 Å². The fraction of sp³-hybridized carbons (Fsp3) is 0.286. The summed E-state index contributed by atoms with van der Waals surface area (Å²) in [5, 5.41) is 3.80. The molecule has 0 aliphatic carbocycles. The number of carbonyl (C=O) groups is 1. The summed E-state index contributed by atoms with van der Waals surface area (Å²) < 4.78 is 25.7. The van der Waals surface area contributed by atoms with Crippen molar-refractivity contribution in [3.8, 4) is 0 Å². The van der Waals surface area contributed by atoms with Gasteiger partial charge in [0.15, 0.2) is 5.03 Å². The number of aryl methyl sites for hydroxylation is 1. The maximum absolute atomic E-state index is 12.2. The molecule has 0 saturated heterocycles. The minimum atomic E-state index is -3.69. The molecule has 0 N–H and O–H groups in total. The monoisotopic (exact) mass is 305 g/mol. The van der Waals surface area contributed by atoms with Gasteiger partial charge >= 0.3 is 0 Å². The molecule has 21 heavy (non-hydrogen) atoms. The highest BCUT2D eigenvalue weighted by Crippen LogP contribution is 2.22. The minimum Gasteiger partial charge on any atom is -0.333 e. The number of amides is 1. The standard InChI is InChI=1S/C14H15N3O3S/c1-16-7-6-13(15-16)21(19,20)10-14(18)17-8-11-4-2-3-5-12(11)9-17/h2-7H,8-10H2,1H3. The first-order valence-electron chi connectivity index (χ1n) is 6.53. The summed E-state index contributed by atoms with van der Waals surface area (Å²) in [7, 11) is -2.05. The smallest absolute Gasteiger partial charge is 0.238 e. The molecular formula is C14H15N3O3S. The van der Waals surface area contributed by atoms with Gasteiger partial charge in [-0.1, -0.05) is 24.3 Å². The highest BCUT2D eigenvalue weighted by molar-refractivity contribution is 7.92. The van der Waals surface area contributed by atoms with Crippen LogP contribution >= 0.6 is 0 Å². The van der Waals surface area contributed by atoms with Crippen LogP contribution in [0.25, 0.3) is 0 Å². The van der Waals surface area contributed by atoms with Crippen LogP contribution in [-0.2, 0) is 34.8 Å². The molecular weight excluding hydrogens is 290 g/mol. The Hall–Kier alpha value is -2.15. The van der Waals surface area contributed by atoms with Crippen LogP contribution < -0.4 is 0 Å². The maximum Gasteiger partial charge on any atom is 0.238 e. The molecule has 2 heterocycles. The average molecular weight is 305 g/mol. The van der Waals surface area contributed by atoms with Crippen LogP contribution in [0.15, 0.2) is 41.6 Å². The van der Waals surface area contributed by atoms with E-state index >= 15 is 0 Å². The van der Waals surface area contributed by atoms with E-state index < -0.39 is 21.5 Å². The van der Waals surface area contributed by atoms with Gasteiger partial charge in [0.25, 0.3) is 0 Å². The summed E-state index contributed by atoms with van der Waals surface area (Å²) in [6, 6.07) is 9.14. The van der Waals surface area contributed by atoms with Gasteiger partial charge in [-0.05, 0) is 17.2 Å². The third-order valence-corrected chi connectivity index (χ3v) is 5.00. The van der Waals surface area contributed by atoms with E-state index in [2.05, 4.69) is 5.10 Å². The molecule has 1 amide bonds. The normalized spacial score (nSPS) is 14.2. The van der Waals surface area contributed by atoms with Gasteiger partial charge in [0.05, 0.1) is 0 Å². The minimum absolute atomic E-state index is 0.0601. The SMILES string of the molecule is Cn1ccc(S(=O)(=O)CC(=O)N2Cc3ccccc3C2)n1. The van der Waals surface area contributed by atoms with Crippen LogP contribution in [0.2, 0.25) is 0 Å². The zero-order valence-corrected chi connectivity index (χ0v) is 12.4. The number of hydrogen-bond donors (Lipinski definition) is 0. The molecule has 1 aliphatic rings. The van der Waals surface area contributed by atoms with E-state index in [1.54, 1.807) is 18.1 Å². The Morgan fingerprint density at radius 1 is 1.19 bits per heavy atom. The van der Waals surface area contributed by atoms with E-state index in [9.17, 15) is 13.2 Å². The van der Waals surface area contributed by atoms with Crippen molar-refractivity contribution >= 4 is 15.7 Å². The van der Waals surface area contributed by atoms with Crippen molar-refractivity contribution in [1.29, 1.82) is 0 Å². The molecule has 0 saturated carbocycles. The number of aromatic nitrogens is 2. The number of carbonyl (C=O) groups excluding carboxylic acids is 1. The number of benzene rings is 1. The van der Waals surface area contributed by atoms with E-state index in [0.29, 0.717) is 13.1 Å². The predicted molar refractivity (Wildman–Crippen MR) is 76.0 cm³/mol. The van der Waals surface area contributed by atoms with Crippen molar-refractivity contribution in [2.24, 2.45) is 7.05 Å². The van der Waals surface area contributed by atoms with Crippen LogP contribution in [-0.4, -0.2) is 34.8 Å². The van der Waals surface area contributed by atoms with Crippen LogP contribution in [0.4, 0.5) is 0 Å². The summed E-state index contributed by atoms with van der Waals surface area (Å²) in [6.07, 6.45) is 1.54. The van der Waals surface area contributed by atoms with Gasteiger partial charge in [-0.15, -0.1) is 0 Å². The molecule has 7 heteroatoms. The van der Waals surface area contributed by atoms with Gasteiger partial charge in [-0.25, -0.2) is 8.42 Å². The van der Waals surface area contributed by atoms with Crippen molar-refractivity contribution in [3.05, 3.63) is 47.7 Å². The molecule has 0 unspecified atom stereocenters. The van der Waals surface area contributed by atoms with Crippen molar-refractivity contribution in [3.63, 3.8) is 0 Å². The molecule has 1 aromatic carbocycles. The first kappa shape index (κ1) is 13.8. The van der Waals surface area contributed by atoms with E-state index in [0.717, 1.165) is 11.1 Å². The van der Waals surface area contributed by atoms with Crippen LogP contribution in [0, 0.1) is 0 Å². The highest BCUT2D eigenvalue weighted by atomic mass is 32.2. The fourth-order valence-corrected chi connectivity index (χ4v) is 3.57. The van der Waals surface area contributed by atoms with Crippen LogP contribution in [0.1, 0.15) is 11.1 Å². The summed E-state index contributed by atoms with van der Waals surface area (Å²) in [5.74, 6) is -0.935. The first-order valence-corrected chi connectivity index (χ1v) is 8.18. The molecule has 2 aromatic rings. The third kappa shape index (κ3) is 2.69. The van der Waals surface area contributed by atoms with Gasteiger partial charge in [0, 0.05) is 26.3 Å². The number of nitrogens with zero attached hydrogens (tertiary/aromatic N) is 3. The van der Waals surface area contributed by atoms with Crippen LogP contribution in [0.3, 0.4) is 0 Å². The molecule has 0 fully saturated rings. The summed E-state index contributed by atoms with van der Waals surface area (Å²) in [4.78, 5) is 13.8. The van der Waals surface area contributed by atoms with Gasteiger partial charge in [-0.2, -0.15) is 5.10 Å². The summed E-state index contributed by atoms with van der Waals surface area (Å²) in [6.45, 7) is 0.930. The van der Waals surface area contributed by atoms with Crippen molar-refractivity contribution in [1.82, 2.24) is 14.7 Å². The van der Waals surface area contributed by atoms with E-state index in [4.69, 9.17) is 0 Å². The second-order valence-corrected chi connectivity index (χ2v) is 7.04. The molecule has 1 aliphatic heterocycles. The fourth-order valence-electron chi connectivity index (χ4n) is 2.40. The predicted octanol–water partition coefficient (Wildman–Crippen LogP) is 0.736. The largest absolute Gasteiger partial charge is 0.333 e. The molecule has 3 rings (SSSR count). The van der Waals surface area contributed by atoms with Crippen molar-refractivity contribution in [2.45, 2.75) is 18.1 Å². The number of sulfone groups is 1. The topological polar surface area (TPSA) is 72.3 Å². The Bertz CT molecular complexity index is 770. The van der Waals surface area contributed by atoms with Gasteiger partial charge < -0.3 is 4.90 Å². The number of fused-ring (bicyclic) bond motifs is 1. The lowest BCUT2D eigenvalue weighted by Crippen LogP contribution is -2.31. The lowest BCUT2D eigenvalue weighted by molar-refractivity contribution is -0.129. The average Bonchev–Trinajstić information content (AvgIpc) is 3.04. The quantitative estimate of drug-likeness (QED) is 0.838. The molecule has 1 aromatic heterocycles.